The Labute approximate surface area is 221 Å². The first-order valence-corrected chi connectivity index (χ1v) is 12.7. The Morgan fingerprint density at radius 1 is 1.08 bits per heavy atom. The quantitative estimate of drug-likeness (QED) is 0.395. The van der Waals surface area contributed by atoms with Gasteiger partial charge in [0, 0.05) is 19.2 Å². The first-order chi connectivity index (χ1) is 17.7. The number of fused-ring (bicyclic) bond motifs is 1. The van der Waals surface area contributed by atoms with Gasteiger partial charge < -0.3 is 10.7 Å². The molecule has 11 heteroatoms. The van der Waals surface area contributed by atoms with Crippen LogP contribution in [-0.2, 0) is 6.42 Å². The Kier molecular flexibility index (Phi) is 6.72. The second-order valence-electron chi connectivity index (χ2n) is 8.84. The molecule has 5 rings (SSSR count). The fourth-order valence-electron chi connectivity index (χ4n) is 4.55. The van der Waals surface area contributed by atoms with Crippen molar-refractivity contribution >= 4 is 46.4 Å². The highest BCUT2D eigenvalue weighted by Gasteiger charge is 2.37. The van der Waals surface area contributed by atoms with Crippen LogP contribution in [0.1, 0.15) is 48.4 Å². The molecule has 0 aliphatic carbocycles. The van der Waals surface area contributed by atoms with Gasteiger partial charge in [-0.25, -0.2) is 4.39 Å². The van der Waals surface area contributed by atoms with E-state index in [9.17, 15) is 18.8 Å². The number of hydrogen-bond donors (Lipinski definition) is 3. The van der Waals surface area contributed by atoms with E-state index in [1.54, 1.807) is 47.5 Å². The summed E-state index contributed by atoms with van der Waals surface area (Å²) < 4.78 is 14.3. The number of thiophene rings is 1. The zero-order valence-corrected chi connectivity index (χ0v) is 21.5. The number of rotatable bonds is 7. The lowest BCUT2D eigenvalue weighted by molar-refractivity contribution is 0.0629. The fraction of sp³-hybridized carbons (Fsp3) is 0.192. The highest BCUT2D eigenvalue weighted by Crippen LogP contribution is 2.35. The molecule has 1 atom stereocenters. The summed E-state index contributed by atoms with van der Waals surface area (Å²) >= 11 is 7.62. The predicted octanol–water partition coefficient (Wildman–Crippen LogP) is 3.82. The van der Waals surface area contributed by atoms with Crippen LogP contribution in [0.4, 0.5) is 4.39 Å². The first kappa shape index (κ1) is 24.9. The average molecular weight is 540 g/mol. The molecule has 0 saturated carbocycles. The van der Waals surface area contributed by atoms with Crippen molar-refractivity contribution < 1.29 is 18.8 Å². The van der Waals surface area contributed by atoms with Gasteiger partial charge in [0.2, 0.25) is 0 Å². The van der Waals surface area contributed by atoms with Gasteiger partial charge in [0.05, 0.1) is 33.4 Å². The standard InChI is InChI=1S/C26H23ClFN5O3S/c1-14-22(32(2)31-30-14)20-12-21(37-23(20)27)24(34)29-17(11-15-6-5-7-16(28)10-15)13-33-25(35)18-8-3-4-9-19(18)26(33)36/h3-10,12,17,30-31H,11,13H2,1-2H3,(H,29,34)/t17-/m0/s1. The normalized spacial score (nSPS) is 15.8. The molecular formula is C26H23ClFN5O3S. The summed E-state index contributed by atoms with van der Waals surface area (Å²) in [6.07, 6.45) is 0.212. The van der Waals surface area contributed by atoms with Gasteiger partial charge in [0.1, 0.15) is 10.2 Å². The van der Waals surface area contributed by atoms with E-state index < -0.39 is 29.6 Å². The maximum absolute atomic E-state index is 13.9. The third-order valence-electron chi connectivity index (χ3n) is 6.25. The van der Waals surface area contributed by atoms with Crippen LogP contribution in [0.15, 0.2) is 60.3 Å². The van der Waals surface area contributed by atoms with Crippen LogP contribution in [0.5, 0.6) is 0 Å². The minimum absolute atomic E-state index is 0.0681. The summed E-state index contributed by atoms with van der Waals surface area (Å²) in [6.45, 7) is 1.82. The van der Waals surface area contributed by atoms with E-state index in [4.69, 9.17) is 11.6 Å². The fourth-order valence-corrected chi connectivity index (χ4v) is 5.73. The van der Waals surface area contributed by atoms with Gasteiger partial charge in [0.25, 0.3) is 17.7 Å². The molecular weight excluding hydrogens is 517 g/mol. The van der Waals surface area contributed by atoms with Crippen molar-refractivity contribution in [1.29, 1.82) is 0 Å². The summed E-state index contributed by atoms with van der Waals surface area (Å²) in [6, 6.07) is 13.6. The lowest BCUT2D eigenvalue weighted by atomic mass is 10.0. The summed E-state index contributed by atoms with van der Waals surface area (Å²) in [4.78, 5) is 40.7. The number of nitrogens with zero attached hydrogens (tertiary/aromatic N) is 2. The largest absolute Gasteiger partial charge is 0.346 e. The molecule has 2 aliphatic heterocycles. The summed E-state index contributed by atoms with van der Waals surface area (Å²) in [5, 5.41) is 4.70. The second kappa shape index (κ2) is 9.97. The summed E-state index contributed by atoms with van der Waals surface area (Å²) in [7, 11) is 1.82. The van der Waals surface area contributed by atoms with Crippen LogP contribution in [0.25, 0.3) is 5.70 Å². The highest BCUT2D eigenvalue weighted by molar-refractivity contribution is 7.18. The van der Waals surface area contributed by atoms with Crippen LogP contribution in [0.2, 0.25) is 4.34 Å². The number of hydrazine groups is 2. The van der Waals surface area contributed by atoms with Crippen molar-refractivity contribution in [1.82, 2.24) is 26.2 Å². The summed E-state index contributed by atoms with van der Waals surface area (Å²) in [5.74, 6) is -1.67. The van der Waals surface area contributed by atoms with Gasteiger partial charge in [-0.1, -0.05) is 35.9 Å². The Hall–Kier alpha value is -3.73. The minimum Gasteiger partial charge on any atom is -0.346 e. The maximum Gasteiger partial charge on any atom is 0.261 e. The van der Waals surface area contributed by atoms with Gasteiger partial charge in [0.15, 0.2) is 0 Å². The van der Waals surface area contributed by atoms with Crippen molar-refractivity contribution in [2.24, 2.45) is 0 Å². The first-order valence-electron chi connectivity index (χ1n) is 11.5. The van der Waals surface area contributed by atoms with Crippen molar-refractivity contribution in [2.45, 2.75) is 19.4 Å². The second-order valence-corrected chi connectivity index (χ2v) is 10.5. The molecule has 2 aliphatic rings. The van der Waals surface area contributed by atoms with E-state index in [0.717, 1.165) is 27.6 Å². The van der Waals surface area contributed by atoms with Gasteiger partial charge in [-0.05, 0) is 49.2 Å². The molecule has 3 amide bonds. The van der Waals surface area contributed by atoms with Crippen molar-refractivity contribution in [2.75, 3.05) is 13.6 Å². The van der Waals surface area contributed by atoms with E-state index >= 15 is 0 Å². The van der Waals surface area contributed by atoms with E-state index in [1.165, 1.54) is 12.1 Å². The molecule has 0 saturated heterocycles. The van der Waals surface area contributed by atoms with Crippen molar-refractivity contribution in [3.05, 3.63) is 97.6 Å². The Morgan fingerprint density at radius 2 is 1.78 bits per heavy atom. The lowest BCUT2D eigenvalue weighted by Gasteiger charge is -2.24. The Morgan fingerprint density at radius 3 is 2.41 bits per heavy atom. The third-order valence-corrected chi connectivity index (χ3v) is 7.61. The molecule has 3 aromatic rings. The van der Waals surface area contributed by atoms with Gasteiger partial charge >= 0.3 is 0 Å². The molecule has 190 valence electrons. The van der Waals surface area contributed by atoms with E-state index in [0.29, 0.717) is 31.5 Å². The highest BCUT2D eigenvalue weighted by atomic mass is 35.5. The van der Waals surface area contributed by atoms with Crippen LogP contribution < -0.4 is 16.3 Å². The van der Waals surface area contributed by atoms with Crippen LogP contribution >= 0.6 is 22.9 Å². The summed E-state index contributed by atoms with van der Waals surface area (Å²) in [5.41, 5.74) is 9.58. The molecule has 0 bridgehead atoms. The average Bonchev–Trinajstić information content (AvgIpc) is 3.48. The molecule has 0 radical (unpaired) electrons. The molecule has 37 heavy (non-hydrogen) atoms. The number of halogens is 2. The smallest absolute Gasteiger partial charge is 0.261 e. The number of imide groups is 1. The van der Waals surface area contributed by atoms with Crippen LogP contribution in [0, 0.1) is 5.82 Å². The molecule has 8 nitrogen and oxygen atoms in total. The minimum atomic E-state index is -0.667. The molecule has 3 N–H and O–H groups in total. The molecule has 3 heterocycles. The Balaban J connectivity index is 1.40. The maximum atomic E-state index is 13.9. The predicted molar refractivity (Wildman–Crippen MR) is 139 cm³/mol. The third kappa shape index (κ3) is 4.83. The molecule has 0 unspecified atom stereocenters. The molecule has 0 fully saturated rings. The van der Waals surface area contributed by atoms with Crippen LogP contribution in [-0.4, -0.2) is 47.3 Å². The molecule has 0 spiro atoms. The molecule has 2 aromatic carbocycles. The topological polar surface area (TPSA) is 93.8 Å². The number of benzene rings is 2. The monoisotopic (exact) mass is 539 g/mol. The number of allylic oxidation sites excluding steroid dienone is 1. The number of amides is 3. The van der Waals surface area contributed by atoms with Crippen LogP contribution in [0.3, 0.4) is 0 Å². The van der Waals surface area contributed by atoms with E-state index in [1.807, 2.05) is 14.0 Å². The van der Waals surface area contributed by atoms with E-state index in [2.05, 4.69) is 16.3 Å². The number of carbonyl (C=O) groups is 3. The van der Waals surface area contributed by atoms with Gasteiger partial charge in [-0.2, -0.15) is 0 Å². The zero-order chi connectivity index (χ0) is 26.3. The zero-order valence-electron chi connectivity index (χ0n) is 20.0. The van der Waals surface area contributed by atoms with Crippen molar-refractivity contribution in [3.63, 3.8) is 0 Å². The SMILES string of the molecule is CC1=C(c2cc(C(=O)N[C@@H](Cc3cccc(F)c3)CN3C(=O)c4ccccc4C3=O)sc2Cl)N(C)NN1. The number of nitrogens with one attached hydrogen (secondary N) is 3. The van der Waals surface area contributed by atoms with Crippen molar-refractivity contribution in [3.8, 4) is 0 Å². The Bertz CT molecular complexity index is 1420. The van der Waals surface area contributed by atoms with Gasteiger partial charge in [-0.15, -0.1) is 16.9 Å². The number of hydrogen-bond acceptors (Lipinski definition) is 7. The van der Waals surface area contributed by atoms with E-state index in [-0.39, 0.29) is 13.0 Å². The van der Waals surface area contributed by atoms with Gasteiger partial charge in [-0.3, -0.25) is 24.3 Å². The lowest BCUT2D eigenvalue weighted by Crippen LogP contribution is -2.46. The molecule has 1 aromatic heterocycles. The number of carbonyl (C=O) groups excluding carboxylic acids is 3.